The zero-order valence-electron chi connectivity index (χ0n) is 6.91. The van der Waals surface area contributed by atoms with Gasteiger partial charge in [-0.05, 0) is 18.2 Å². The van der Waals surface area contributed by atoms with Crippen LogP contribution in [0.5, 0.6) is 0 Å². The van der Waals surface area contributed by atoms with Gasteiger partial charge in [0, 0.05) is 5.02 Å². The predicted molar refractivity (Wildman–Crippen MR) is 56.1 cm³/mol. The van der Waals surface area contributed by atoms with Crippen molar-refractivity contribution in [1.82, 2.24) is 0 Å². The van der Waals surface area contributed by atoms with Gasteiger partial charge >= 0.3 is 5.97 Å². The van der Waals surface area contributed by atoms with Crippen LogP contribution in [0.4, 0.5) is 0 Å². The van der Waals surface area contributed by atoms with Crippen molar-refractivity contribution in [3.05, 3.63) is 34.9 Å². The van der Waals surface area contributed by atoms with Gasteiger partial charge in [0.25, 0.3) is 0 Å². The summed E-state index contributed by atoms with van der Waals surface area (Å²) in [6.07, 6.45) is 0. The minimum atomic E-state index is -0.813. The maximum Gasteiger partial charge on any atom is 0.372 e. The molecule has 1 aromatic rings. The molecule has 1 aromatic carbocycles. The van der Waals surface area contributed by atoms with E-state index in [1.54, 1.807) is 12.1 Å². The molecule has 0 aromatic heterocycles. The minimum Gasteiger partial charge on any atom is -0.296 e. The molecule has 0 unspecified atom stereocenters. The molecule has 14 heavy (non-hydrogen) atoms. The summed E-state index contributed by atoms with van der Waals surface area (Å²) in [5.41, 5.74) is 0.222. The first-order valence-corrected chi connectivity index (χ1v) is 4.83. The lowest BCUT2D eigenvalue weighted by molar-refractivity contribution is -0.182. The summed E-state index contributed by atoms with van der Waals surface area (Å²) < 4.78 is 0. The van der Waals surface area contributed by atoms with Crippen molar-refractivity contribution in [1.29, 1.82) is 0 Å². The first-order chi connectivity index (χ1) is 6.65. The Kier molecular flexibility index (Phi) is 7.61. The third-order valence-corrected chi connectivity index (χ3v) is 1.38. The second kappa shape index (κ2) is 7.88. The van der Waals surface area contributed by atoms with Crippen LogP contribution in [-0.2, 0) is 4.89 Å². The average Bonchev–Trinajstić information content (AvgIpc) is 2.18. The SMILES string of the molecule is ClCCl.O=C(OO)c1cccc(Cl)c1. The van der Waals surface area contributed by atoms with Gasteiger partial charge in [0.15, 0.2) is 0 Å². The van der Waals surface area contributed by atoms with Gasteiger partial charge in [-0.2, -0.15) is 5.26 Å². The summed E-state index contributed by atoms with van der Waals surface area (Å²) in [6.45, 7) is 0. The van der Waals surface area contributed by atoms with E-state index in [4.69, 9.17) is 40.1 Å². The molecule has 1 N–H and O–H groups in total. The van der Waals surface area contributed by atoms with Crippen LogP contribution in [-0.4, -0.2) is 16.6 Å². The molecule has 3 nitrogen and oxygen atoms in total. The Morgan fingerprint density at radius 1 is 1.43 bits per heavy atom. The van der Waals surface area contributed by atoms with Crippen LogP contribution < -0.4 is 0 Å². The highest BCUT2D eigenvalue weighted by atomic mass is 35.5. The van der Waals surface area contributed by atoms with Crippen molar-refractivity contribution >= 4 is 40.8 Å². The quantitative estimate of drug-likeness (QED) is 0.476. The van der Waals surface area contributed by atoms with Crippen molar-refractivity contribution in [2.45, 2.75) is 0 Å². The largest absolute Gasteiger partial charge is 0.372 e. The number of hydrogen-bond acceptors (Lipinski definition) is 3. The molecule has 0 saturated heterocycles. The molecule has 0 saturated carbocycles. The van der Waals surface area contributed by atoms with Gasteiger partial charge < -0.3 is 0 Å². The molecule has 0 heterocycles. The topological polar surface area (TPSA) is 46.5 Å². The molecule has 6 heteroatoms. The van der Waals surface area contributed by atoms with Gasteiger partial charge in [-0.15, -0.1) is 23.2 Å². The van der Waals surface area contributed by atoms with E-state index in [-0.39, 0.29) is 10.9 Å². The van der Waals surface area contributed by atoms with E-state index in [1.165, 1.54) is 12.1 Å². The second-order valence-electron chi connectivity index (χ2n) is 1.99. The first-order valence-electron chi connectivity index (χ1n) is 3.39. The Labute approximate surface area is 96.1 Å². The second-order valence-corrected chi connectivity index (χ2v) is 3.23. The Hall–Kier alpha value is -0.480. The van der Waals surface area contributed by atoms with Gasteiger partial charge in [0.1, 0.15) is 0 Å². The molecular formula is C8H7Cl3O3. The highest BCUT2D eigenvalue weighted by Crippen LogP contribution is 2.10. The molecule has 0 atom stereocenters. The number of alkyl halides is 2. The Bertz CT molecular complexity index is 291. The molecule has 0 aliphatic rings. The summed E-state index contributed by atoms with van der Waals surface area (Å²) in [5.74, 6) is -0.813. The lowest BCUT2D eigenvalue weighted by atomic mass is 10.2. The van der Waals surface area contributed by atoms with Crippen LogP contribution in [0.3, 0.4) is 0 Å². The average molecular weight is 258 g/mol. The summed E-state index contributed by atoms with van der Waals surface area (Å²) in [6, 6.07) is 6.11. The van der Waals surface area contributed by atoms with Crippen molar-refractivity contribution in [2.75, 3.05) is 5.34 Å². The van der Waals surface area contributed by atoms with E-state index in [1.807, 2.05) is 0 Å². The normalized spacial score (nSPS) is 8.57. The van der Waals surface area contributed by atoms with E-state index in [2.05, 4.69) is 4.89 Å². The van der Waals surface area contributed by atoms with E-state index in [9.17, 15) is 4.79 Å². The standard InChI is InChI=1S/C7H5ClO3.CH2Cl2/c8-6-3-1-2-5(4-6)7(9)11-10;2-1-3/h1-4,10H;1H2. The maximum absolute atomic E-state index is 10.6. The van der Waals surface area contributed by atoms with Gasteiger partial charge in [-0.25, -0.2) is 4.79 Å². The smallest absolute Gasteiger partial charge is 0.296 e. The third kappa shape index (κ3) is 5.29. The van der Waals surface area contributed by atoms with Crippen molar-refractivity contribution in [2.24, 2.45) is 0 Å². The Balaban J connectivity index is 0.000000500. The number of carbonyl (C=O) groups is 1. The highest BCUT2D eigenvalue weighted by Gasteiger charge is 2.05. The van der Waals surface area contributed by atoms with Crippen molar-refractivity contribution < 1.29 is 14.9 Å². The van der Waals surface area contributed by atoms with E-state index < -0.39 is 5.97 Å². The molecule has 0 bridgehead atoms. The molecule has 0 radical (unpaired) electrons. The van der Waals surface area contributed by atoms with Crippen LogP contribution >= 0.6 is 34.8 Å². The molecule has 0 spiro atoms. The molecule has 0 aliphatic carbocycles. The van der Waals surface area contributed by atoms with Crippen molar-refractivity contribution in [3.63, 3.8) is 0 Å². The zero-order valence-corrected chi connectivity index (χ0v) is 9.18. The number of halogens is 3. The highest BCUT2D eigenvalue weighted by molar-refractivity contribution is 6.40. The minimum absolute atomic E-state index is 0.194. The third-order valence-electron chi connectivity index (χ3n) is 1.14. The summed E-state index contributed by atoms with van der Waals surface area (Å²) in [4.78, 5) is 14.1. The number of benzene rings is 1. The fourth-order valence-electron chi connectivity index (χ4n) is 0.668. The summed E-state index contributed by atoms with van der Waals surface area (Å²) >= 11 is 15.1. The lowest BCUT2D eigenvalue weighted by Crippen LogP contribution is -2.00. The van der Waals surface area contributed by atoms with Crippen LogP contribution in [0.2, 0.25) is 5.02 Å². The van der Waals surface area contributed by atoms with E-state index >= 15 is 0 Å². The van der Waals surface area contributed by atoms with Gasteiger partial charge in [0.05, 0.1) is 10.9 Å². The number of carbonyl (C=O) groups excluding carboxylic acids is 1. The van der Waals surface area contributed by atoms with Gasteiger partial charge in [-0.3, -0.25) is 4.89 Å². The fourth-order valence-corrected chi connectivity index (χ4v) is 0.858. The number of rotatable bonds is 1. The zero-order chi connectivity index (χ0) is 11.0. The molecule has 0 aliphatic heterocycles. The first kappa shape index (κ1) is 13.5. The fraction of sp³-hybridized carbons (Fsp3) is 0.125. The van der Waals surface area contributed by atoms with E-state index in [0.29, 0.717) is 5.02 Å². The number of hydrogen-bond donors (Lipinski definition) is 1. The van der Waals surface area contributed by atoms with Crippen molar-refractivity contribution in [3.8, 4) is 0 Å². The van der Waals surface area contributed by atoms with Crippen LogP contribution in [0.1, 0.15) is 10.4 Å². The summed E-state index contributed by atoms with van der Waals surface area (Å²) in [5, 5.41) is 8.60. The predicted octanol–water partition coefficient (Wildman–Crippen LogP) is 3.39. The van der Waals surface area contributed by atoms with Crippen LogP contribution in [0.15, 0.2) is 24.3 Å². The lowest BCUT2D eigenvalue weighted by Gasteiger charge is -1.95. The maximum atomic E-state index is 10.6. The Morgan fingerprint density at radius 2 is 2.00 bits per heavy atom. The van der Waals surface area contributed by atoms with Gasteiger partial charge in [-0.1, -0.05) is 17.7 Å². The molecule has 0 amide bonds. The molecular weight excluding hydrogens is 250 g/mol. The Morgan fingerprint density at radius 3 is 2.43 bits per heavy atom. The van der Waals surface area contributed by atoms with E-state index in [0.717, 1.165) is 0 Å². The monoisotopic (exact) mass is 256 g/mol. The van der Waals surface area contributed by atoms with Gasteiger partial charge in [0.2, 0.25) is 0 Å². The van der Waals surface area contributed by atoms with Crippen LogP contribution in [0, 0.1) is 0 Å². The molecule has 78 valence electrons. The molecule has 0 fully saturated rings. The summed E-state index contributed by atoms with van der Waals surface area (Å²) in [7, 11) is 0. The van der Waals surface area contributed by atoms with Crippen LogP contribution in [0.25, 0.3) is 0 Å². The molecule has 1 rings (SSSR count).